The lowest BCUT2D eigenvalue weighted by Crippen LogP contribution is -2.01. The van der Waals surface area contributed by atoms with Gasteiger partial charge in [-0.1, -0.05) is 35.9 Å². The zero-order valence-corrected chi connectivity index (χ0v) is 10.9. The minimum Gasteiger partial charge on any atom is -0.326 e. The number of benzene rings is 1. The van der Waals surface area contributed by atoms with E-state index < -0.39 is 0 Å². The average molecular weight is 252 g/mol. The molecule has 0 aliphatic rings. The molecule has 0 spiro atoms. The molecule has 19 heavy (non-hydrogen) atoms. The van der Waals surface area contributed by atoms with Crippen LogP contribution >= 0.6 is 0 Å². The molecule has 2 N–H and O–H groups in total. The summed E-state index contributed by atoms with van der Waals surface area (Å²) >= 11 is 0. The van der Waals surface area contributed by atoms with Gasteiger partial charge in [0.1, 0.15) is 5.82 Å². The number of nitrogens with zero attached hydrogens (tertiary/aromatic N) is 3. The molecule has 0 aliphatic carbocycles. The summed E-state index contributed by atoms with van der Waals surface area (Å²) in [6.07, 6.45) is 2.76. The molecule has 4 nitrogen and oxygen atoms in total. The number of fused-ring (bicyclic) bond motifs is 1. The molecular formula is C15H16N4. The molecular weight excluding hydrogens is 236 g/mol. The van der Waals surface area contributed by atoms with E-state index in [1.807, 2.05) is 22.7 Å². The molecule has 0 saturated heterocycles. The van der Waals surface area contributed by atoms with Crippen molar-refractivity contribution in [2.24, 2.45) is 5.73 Å². The van der Waals surface area contributed by atoms with Crippen molar-refractivity contribution in [2.45, 2.75) is 19.9 Å². The molecule has 1 aromatic carbocycles. The van der Waals surface area contributed by atoms with E-state index in [0.29, 0.717) is 6.54 Å². The average Bonchev–Trinajstić information content (AvgIpc) is 2.84. The fourth-order valence-electron chi connectivity index (χ4n) is 2.19. The normalized spacial score (nSPS) is 11.1. The molecule has 0 atom stereocenters. The van der Waals surface area contributed by atoms with Crippen LogP contribution < -0.4 is 5.73 Å². The predicted octanol–water partition coefficient (Wildman–Crippen LogP) is 2.09. The van der Waals surface area contributed by atoms with Crippen LogP contribution in [0.5, 0.6) is 0 Å². The van der Waals surface area contributed by atoms with Gasteiger partial charge in [-0.05, 0) is 18.6 Å². The molecule has 0 unspecified atom stereocenters. The fraction of sp³-hybridized carbons (Fsp3) is 0.200. The molecule has 0 bridgehead atoms. The SMILES string of the molecule is Cc1ccc(Cc2nnc3c(CN)cccn23)cc1. The number of nitrogens with two attached hydrogens (primary N) is 1. The first-order chi connectivity index (χ1) is 9.28. The van der Waals surface area contributed by atoms with E-state index >= 15 is 0 Å². The van der Waals surface area contributed by atoms with Crippen molar-refractivity contribution in [1.29, 1.82) is 0 Å². The van der Waals surface area contributed by atoms with Crippen LogP contribution in [-0.4, -0.2) is 14.6 Å². The van der Waals surface area contributed by atoms with Gasteiger partial charge < -0.3 is 5.73 Å². The Morgan fingerprint density at radius 3 is 2.63 bits per heavy atom. The van der Waals surface area contributed by atoms with Crippen LogP contribution in [0.15, 0.2) is 42.6 Å². The van der Waals surface area contributed by atoms with E-state index in [-0.39, 0.29) is 0 Å². The van der Waals surface area contributed by atoms with E-state index in [1.165, 1.54) is 11.1 Å². The summed E-state index contributed by atoms with van der Waals surface area (Å²) in [5.41, 5.74) is 10.1. The highest BCUT2D eigenvalue weighted by Gasteiger charge is 2.08. The Hall–Kier alpha value is -2.20. The van der Waals surface area contributed by atoms with Crippen LogP contribution in [0.4, 0.5) is 0 Å². The van der Waals surface area contributed by atoms with Gasteiger partial charge in [-0.25, -0.2) is 0 Å². The summed E-state index contributed by atoms with van der Waals surface area (Å²) in [6, 6.07) is 12.5. The lowest BCUT2D eigenvalue weighted by Gasteiger charge is -2.03. The molecule has 3 aromatic rings. The maximum Gasteiger partial charge on any atom is 0.165 e. The van der Waals surface area contributed by atoms with Gasteiger partial charge in [0.15, 0.2) is 5.65 Å². The topological polar surface area (TPSA) is 56.2 Å². The molecule has 96 valence electrons. The first-order valence-electron chi connectivity index (χ1n) is 6.35. The molecule has 0 fully saturated rings. The van der Waals surface area contributed by atoms with Crippen molar-refractivity contribution in [3.8, 4) is 0 Å². The van der Waals surface area contributed by atoms with Crippen molar-refractivity contribution >= 4 is 5.65 Å². The molecule has 0 aliphatic heterocycles. The second-order valence-electron chi connectivity index (χ2n) is 4.71. The number of hydrogen-bond donors (Lipinski definition) is 1. The Bertz CT molecular complexity index is 698. The molecule has 0 radical (unpaired) electrons. The lowest BCUT2D eigenvalue weighted by molar-refractivity contribution is 0.932. The summed E-state index contributed by atoms with van der Waals surface area (Å²) in [5.74, 6) is 0.939. The number of aromatic nitrogens is 3. The van der Waals surface area contributed by atoms with Crippen molar-refractivity contribution in [3.05, 3.63) is 65.1 Å². The van der Waals surface area contributed by atoms with Gasteiger partial charge in [0.05, 0.1) is 0 Å². The van der Waals surface area contributed by atoms with Gasteiger partial charge >= 0.3 is 0 Å². The van der Waals surface area contributed by atoms with E-state index in [1.54, 1.807) is 0 Å². The fourth-order valence-corrected chi connectivity index (χ4v) is 2.19. The van der Waals surface area contributed by atoms with Crippen LogP contribution in [0.25, 0.3) is 5.65 Å². The van der Waals surface area contributed by atoms with Crippen LogP contribution in [-0.2, 0) is 13.0 Å². The van der Waals surface area contributed by atoms with E-state index in [4.69, 9.17) is 5.73 Å². The minimum atomic E-state index is 0.479. The second kappa shape index (κ2) is 4.82. The largest absolute Gasteiger partial charge is 0.326 e. The maximum absolute atomic E-state index is 5.71. The number of hydrogen-bond acceptors (Lipinski definition) is 3. The van der Waals surface area contributed by atoms with E-state index in [9.17, 15) is 0 Å². The van der Waals surface area contributed by atoms with Gasteiger partial charge in [0.2, 0.25) is 0 Å². The third kappa shape index (κ3) is 2.22. The van der Waals surface area contributed by atoms with Crippen molar-refractivity contribution in [3.63, 3.8) is 0 Å². The molecule has 0 amide bonds. The predicted molar refractivity (Wildman–Crippen MR) is 74.9 cm³/mol. The highest BCUT2D eigenvalue weighted by Crippen LogP contribution is 2.13. The quantitative estimate of drug-likeness (QED) is 0.776. The number of aryl methyl sites for hydroxylation is 1. The minimum absolute atomic E-state index is 0.479. The molecule has 0 saturated carbocycles. The zero-order chi connectivity index (χ0) is 13.2. The Balaban J connectivity index is 1.99. The molecule has 2 aromatic heterocycles. The van der Waals surface area contributed by atoms with Crippen molar-refractivity contribution in [2.75, 3.05) is 0 Å². The van der Waals surface area contributed by atoms with Crippen molar-refractivity contribution < 1.29 is 0 Å². The maximum atomic E-state index is 5.71. The molecule has 3 rings (SSSR count). The van der Waals surface area contributed by atoms with Gasteiger partial charge in [-0.2, -0.15) is 0 Å². The Labute approximate surface area is 111 Å². The van der Waals surface area contributed by atoms with Crippen LogP contribution in [0.3, 0.4) is 0 Å². The van der Waals surface area contributed by atoms with Gasteiger partial charge in [0, 0.05) is 24.7 Å². The highest BCUT2D eigenvalue weighted by atomic mass is 15.2. The van der Waals surface area contributed by atoms with E-state index in [0.717, 1.165) is 23.5 Å². The summed E-state index contributed by atoms with van der Waals surface area (Å²) in [7, 11) is 0. The third-order valence-corrected chi connectivity index (χ3v) is 3.29. The summed E-state index contributed by atoms with van der Waals surface area (Å²) in [5, 5.41) is 8.52. The molecule has 4 heteroatoms. The molecule has 2 heterocycles. The Kier molecular flexibility index (Phi) is 3.01. The van der Waals surface area contributed by atoms with Gasteiger partial charge in [0.25, 0.3) is 0 Å². The number of rotatable bonds is 3. The first kappa shape index (κ1) is 11.9. The van der Waals surface area contributed by atoms with E-state index in [2.05, 4.69) is 41.4 Å². The first-order valence-corrected chi connectivity index (χ1v) is 6.35. The third-order valence-electron chi connectivity index (χ3n) is 3.29. The zero-order valence-electron chi connectivity index (χ0n) is 10.9. The summed E-state index contributed by atoms with van der Waals surface area (Å²) in [4.78, 5) is 0. The monoisotopic (exact) mass is 252 g/mol. The van der Waals surface area contributed by atoms with Crippen molar-refractivity contribution in [1.82, 2.24) is 14.6 Å². The number of pyridine rings is 1. The Morgan fingerprint density at radius 1 is 1.11 bits per heavy atom. The van der Waals surface area contributed by atoms with Crippen LogP contribution in [0.1, 0.15) is 22.5 Å². The lowest BCUT2D eigenvalue weighted by atomic mass is 10.1. The summed E-state index contributed by atoms with van der Waals surface area (Å²) < 4.78 is 2.02. The van der Waals surface area contributed by atoms with Gasteiger partial charge in [-0.15, -0.1) is 10.2 Å². The van der Waals surface area contributed by atoms with Crippen LogP contribution in [0.2, 0.25) is 0 Å². The van der Waals surface area contributed by atoms with Gasteiger partial charge in [-0.3, -0.25) is 4.40 Å². The highest BCUT2D eigenvalue weighted by molar-refractivity contribution is 5.47. The summed E-state index contributed by atoms with van der Waals surface area (Å²) in [6.45, 7) is 2.57. The smallest absolute Gasteiger partial charge is 0.165 e. The Morgan fingerprint density at radius 2 is 1.89 bits per heavy atom. The second-order valence-corrected chi connectivity index (χ2v) is 4.71. The standard InChI is InChI=1S/C15H16N4/c1-11-4-6-12(7-5-11)9-14-17-18-15-13(10-16)3-2-8-19(14)15/h2-8H,9-10,16H2,1H3. The van der Waals surface area contributed by atoms with Crippen LogP contribution in [0, 0.1) is 6.92 Å².